The lowest BCUT2D eigenvalue weighted by atomic mass is 9.56. The van der Waals surface area contributed by atoms with Crippen LogP contribution in [0.4, 0.5) is 0 Å². The van der Waals surface area contributed by atoms with Crippen molar-refractivity contribution in [3.63, 3.8) is 0 Å². The zero-order valence-corrected chi connectivity index (χ0v) is 17.3. The summed E-state index contributed by atoms with van der Waals surface area (Å²) < 4.78 is 11.8. The van der Waals surface area contributed by atoms with Crippen LogP contribution in [-0.2, 0) is 26.2 Å². The van der Waals surface area contributed by atoms with Crippen molar-refractivity contribution in [3.05, 3.63) is 29.3 Å². The van der Waals surface area contributed by atoms with Gasteiger partial charge in [-0.05, 0) is 67.8 Å². The molecule has 2 saturated carbocycles. The number of esters is 1. The highest BCUT2D eigenvalue weighted by Gasteiger charge is 2.70. The Morgan fingerprint density at radius 3 is 2.72 bits per heavy atom. The number of rotatable bonds is 5. The first-order chi connectivity index (χ1) is 13.9. The van der Waals surface area contributed by atoms with Crippen LogP contribution in [-0.4, -0.2) is 48.6 Å². The summed E-state index contributed by atoms with van der Waals surface area (Å²) in [6.07, 6.45) is 5.42. The van der Waals surface area contributed by atoms with E-state index in [9.17, 15) is 9.59 Å². The van der Waals surface area contributed by atoms with Crippen LogP contribution in [0.2, 0.25) is 0 Å². The molecule has 156 valence electrons. The van der Waals surface area contributed by atoms with Gasteiger partial charge in [-0.15, -0.1) is 0 Å². The van der Waals surface area contributed by atoms with Gasteiger partial charge in [-0.3, -0.25) is 14.5 Å². The maximum Gasteiger partial charge on any atom is 0.303 e. The minimum atomic E-state index is -0.703. The van der Waals surface area contributed by atoms with E-state index in [1.54, 1.807) is 7.11 Å². The van der Waals surface area contributed by atoms with Crippen LogP contribution in [0.15, 0.2) is 18.2 Å². The fourth-order valence-electron chi connectivity index (χ4n) is 6.58. The fraction of sp³-hybridized carbons (Fsp3) is 0.652. The number of fused-ring (bicyclic) bond motifs is 1. The number of carbonyl (C=O) groups is 2. The Bertz CT molecular complexity index is 866. The number of carbonyl (C=O) groups excluding carboxylic acids is 2. The summed E-state index contributed by atoms with van der Waals surface area (Å²) in [5.41, 5.74) is 7.18. The predicted octanol–water partition coefficient (Wildman–Crippen LogP) is 2.17. The largest absolute Gasteiger partial charge is 0.497 e. The SMILES string of the molecule is COc1ccc2c(c1)C13CCN(CC4CC4)[C@H](C2)[C@]1(OC(C)=O)C[C@@H](C(N)=O)C3. The Kier molecular flexibility index (Phi) is 4.21. The molecule has 1 aromatic rings. The minimum Gasteiger partial charge on any atom is -0.497 e. The first kappa shape index (κ1) is 18.9. The highest BCUT2D eigenvalue weighted by Crippen LogP contribution is 2.63. The molecule has 2 bridgehead atoms. The van der Waals surface area contributed by atoms with Crippen molar-refractivity contribution in [1.29, 1.82) is 0 Å². The number of primary amides is 1. The smallest absolute Gasteiger partial charge is 0.303 e. The molecule has 1 heterocycles. The molecule has 4 atom stereocenters. The zero-order valence-electron chi connectivity index (χ0n) is 17.3. The molecule has 1 amide bonds. The van der Waals surface area contributed by atoms with E-state index in [1.165, 1.54) is 30.9 Å². The minimum absolute atomic E-state index is 0.0889. The molecule has 1 aromatic carbocycles. The van der Waals surface area contributed by atoms with Crippen LogP contribution in [0.5, 0.6) is 5.75 Å². The molecule has 5 rings (SSSR count). The van der Waals surface area contributed by atoms with Gasteiger partial charge in [-0.25, -0.2) is 0 Å². The summed E-state index contributed by atoms with van der Waals surface area (Å²) in [4.78, 5) is 27.2. The second kappa shape index (κ2) is 6.46. The molecule has 6 heteroatoms. The van der Waals surface area contributed by atoms with E-state index in [1.807, 2.05) is 6.07 Å². The van der Waals surface area contributed by atoms with Crippen molar-refractivity contribution < 1.29 is 19.1 Å². The zero-order chi connectivity index (χ0) is 20.4. The van der Waals surface area contributed by atoms with Gasteiger partial charge in [0, 0.05) is 31.2 Å². The third-order valence-electron chi connectivity index (χ3n) is 7.92. The monoisotopic (exact) mass is 398 g/mol. The number of nitrogens with zero attached hydrogens (tertiary/aromatic N) is 1. The Morgan fingerprint density at radius 1 is 1.28 bits per heavy atom. The van der Waals surface area contributed by atoms with Gasteiger partial charge >= 0.3 is 5.97 Å². The number of ether oxygens (including phenoxy) is 2. The van der Waals surface area contributed by atoms with Gasteiger partial charge in [-0.2, -0.15) is 0 Å². The van der Waals surface area contributed by atoms with E-state index in [4.69, 9.17) is 15.2 Å². The first-order valence-electron chi connectivity index (χ1n) is 10.8. The Morgan fingerprint density at radius 2 is 2.07 bits per heavy atom. The van der Waals surface area contributed by atoms with Crippen molar-refractivity contribution in [2.24, 2.45) is 17.6 Å². The molecule has 1 saturated heterocycles. The van der Waals surface area contributed by atoms with Gasteiger partial charge in [0.2, 0.25) is 5.91 Å². The van der Waals surface area contributed by atoms with Gasteiger partial charge in [0.15, 0.2) is 0 Å². The van der Waals surface area contributed by atoms with E-state index in [0.29, 0.717) is 12.8 Å². The average molecular weight is 399 g/mol. The lowest BCUT2D eigenvalue weighted by molar-refractivity contribution is -0.189. The van der Waals surface area contributed by atoms with Gasteiger partial charge in [0.05, 0.1) is 13.2 Å². The molecule has 4 aliphatic rings. The number of hydrogen-bond acceptors (Lipinski definition) is 5. The molecule has 2 N–H and O–H groups in total. The topological polar surface area (TPSA) is 81.9 Å². The van der Waals surface area contributed by atoms with Crippen LogP contribution in [0, 0.1) is 11.8 Å². The lowest BCUT2D eigenvalue weighted by Crippen LogP contribution is -2.70. The summed E-state index contributed by atoms with van der Waals surface area (Å²) in [5.74, 6) is 0.710. The van der Waals surface area contributed by atoms with Crippen LogP contribution in [0.3, 0.4) is 0 Å². The number of methoxy groups -OCH3 is 1. The first-order valence-corrected chi connectivity index (χ1v) is 10.8. The fourth-order valence-corrected chi connectivity index (χ4v) is 6.58. The van der Waals surface area contributed by atoms with Crippen molar-refractivity contribution in [3.8, 4) is 5.75 Å². The van der Waals surface area contributed by atoms with Gasteiger partial charge < -0.3 is 15.2 Å². The van der Waals surface area contributed by atoms with Crippen LogP contribution < -0.4 is 10.5 Å². The van der Waals surface area contributed by atoms with E-state index in [-0.39, 0.29) is 29.3 Å². The summed E-state index contributed by atoms with van der Waals surface area (Å²) in [6, 6.07) is 6.35. The van der Waals surface area contributed by atoms with E-state index >= 15 is 0 Å². The lowest BCUT2D eigenvalue weighted by Gasteiger charge is -2.60. The number of piperidine rings is 1. The van der Waals surface area contributed by atoms with Crippen molar-refractivity contribution in [1.82, 2.24) is 4.90 Å². The Hall–Kier alpha value is -2.08. The number of amides is 1. The molecule has 1 aliphatic heterocycles. The van der Waals surface area contributed by atoms with Gasteiger partial charge in [-0.1, -0.05) is 6.07 Å². The number of hydrogen-bond donors (Lipinski definition) is 1. The number of benzene rings is 1. The average Bonchev–Trinajstić information content (AvgIpc) is 3.41. The van der Waals surface area contributed by atoms with Crippen LogP contribution in [0.1, 0.15) is 50.2 Å². The van der Waals surface area contributed by atoms with E-state index < -0.39 is 5.60 Å². The molecule has 29 heavy (non-hydrogen) atoms. The Labute approximate surface area is 171 Å². The molecular formula is C23H30N2O4. The molecule has 0 radical (unpaired) electrons. The highest BCUT2D eigenvalue weighted by molar-refractivity contribution is 5.78. The Balaban J connectivity index is 1.69. The number of nitrogens with two attached hydrogens (primary N) is 1. The van der Waals surface area contributed by atoms with E-state index in [0.717, 1.165) is 37.6 Å². The maximum absolute atomic E-state index is 12.3. The second-order valence-electron chi connectivity index (χ2n) is 9.50. The summed E-state index contributed by atoms with van der Waals surface area (Å²) >= 11 is 0. The van der Waals surface area contributed by atoms with Gasteiger partial charge in [0.1, 0.15) is 11.4 Å². The molecule has 3 fully saturated rings. The third-order valence-corrected chi connectivity index (χ3v) is 7.92. The van der Waals surface area contributed by atoms with E-state index in [2.05, 4.69) is 17.0 Å². The maximum atomic E-state index is 12.3. The molecule has 3 aliphatic carbocycles. The standard InChI is InChI=1S/C23H30N2O4/c1-14(26)29-23-12-17(21(24)27)11-22(23)7-8-25(13-15-3-4-15)20(23)9-16-5-6-18(28-2)10-19(16)22/h5-6,10,15,17,20H,3-4,7-9,11-13H2,1-2H3,(H2,24,27)/t17-,20+,22?,23+/m0/s1. The summed E-state index contributed by atoms with van der Waals surface area (Å²) in [6.45, 7) is 3.50. The quantitative estimate of drug-likeness (QED) is 0.769. The third kappa shape index (κ3) is 2.71. The molecule has 0 aromatic heterocycles. The number of likely N-dealkylation sites (tertiary alicyclic amines) is 1. The predicted molar refractivity (Wildman–Crippen MR) is 107 cm³/mol. The summed E-state index contributed by atoms with van der Waals surface area (Å²) in [7, 11) is 1.67. The van der Waals surface area contributed by atoms with Crippen molar-refractivity contribution in [2.75, 3.05) is 20.2 Å². The molecular weight excluding hydrogens is 368 g/mol. The molecule has 1 unspecified atom stereocenters. The second-order valence-corrected chi connectivity index (χ2v) is 9.50. The molecule has 6 nitrogen and oxygen atoms in total. The normalized spacial score (nSPS) is 35.5. The van der Waals surface area contributed by atoms with Crippen LogP contribution in [0.25, 0.3) is 0 Å². The van der Waals surface area contributed by atoms with Crippen molar-refractivity contribution >= 4 is 11.9 Å². The molecule has 0 spiro atoms. The summed E-state index contributed by atoms with van der Waals surface area (Å²) in [5, 5.41) is 0. The van der Waals surface area contributed by atoms with Crippen LogP contribution >= 0.6 is 0 Å². The van der Waals surface area contributed by atoms with Crippen molar-refractivity contribution in [2.45, 2.75) is 62.5 Å². The highest BCUT2D eigenvalue weighted by atomic mass is 16.6. The van der Waals surface area contributed by atoms with Gasteiger partial charge in [0.25, 0.3) is 0 Å².